The molecule has 2 rings (SSSR count). The summed E-state index contributed by atoms with van der Waals surface area (Å²) >= 11 is 5.95. The summed E-state index contributed by atoms with van der Waals surface area (Å²) in [5.41, 5.74) is 4.37. The van der Waals surface area contributed by atoms with Crippen molar-refractivity contribution < 1.29 is 19.1 Å². The van der Waals surface area contributed by atoms with Crippen LogP contribution < -0.4 is 20.8 Å². The number of benzene rings is 2. The number of hydrazone groups is 1. The lowest BCUT2D eigenvalue weighted by Gasteiger charge is -2.10. The molecule has 9 heteroatoms. The fraction of sp³-hybridized carbons (Fsp3) is 0.273. The summed E-state index contributed by atoms with van der Waals surface area (Å²) in [6.07, 6.45) is 2.12. The summed E-state index contributed by atoms with van der Waals surface area (Å²) in [5, 5.41) is 9.60. The van der Waals surface area contributed by atoms with E-state index in [0.717, 1.165) is 12.0 Å². The molecule has 0 saturated carbocycles. The maximum atomic E-state index is 12.1. The van der Waals surface area contributed by atoms with Crippen LogP contribution in [-0.4, -0.2) is 36.6 Å². The molecule has 0 aliphatic heterocycles. The minimum absolute atomic E-state index is 0.0913. The van der Waals surface area contributed by atoms with Gasteiger partial charge in [-0.2, -0.15) is 5.10 Å². The highest BCUT2D eigenvalue weighted by atomic mass is 35.5. The Balaban J connectivity index is 1.80. The number of carbonyl (C=O) groups is 3. The molecule has 0 unspecified atom stereocenters. The highest BCUT2D eigenvalue weighted by molar-refractivity contribution is 6.35. The largest absolute Gasteiger partial charge is 0.484 e. The molecular formula is C22H25ClN4O4. The maximum absolute atomic E-state index is 12.1. The van der Waals surface area contributed by atoms with Crippen molar-refractivity contribution in [3.63, 3.8) is 0 Å². The number of hydrogen-bond acceptors (Lipinski definition) is 5. The van der Waals surface area contributed by atoms with Crippen LogP contribution in [0.25, 0.3) is 0 Å². The standard InChI is InChI=1S/C22H25ClN4O4/c1-4-15(3)25-21(29)22(30)27-24-12-16-6-9-18(10-7-16)31-13-20(28)26-19-11-17(23)8-5-14(19)2/h5-12,15H,4,13H2,1-3H3,(H,25,29)(H,26,28)(H,27,30)/b24-12-/t15-/m0/s1. The third kappa shape index (κ3) is 8.10. The van der Waals surface area contributed by atoms with Gasteiger partial charge in [0.15, 0.2) is 6.61 Å². The number of carbonyl (C=O) groups excluding carboxylic acids is 3. The Hall–Kier alpha value is -3.39. The van der Waals surface area contributed by atoms with Crippen LogP contribution in [0.1, 0.15) is 31.4 Å². The van der Waals surface area contributed by atoms with E-state index in [0.29, 0.717) is 22.0 Å². The van der Waals surface area contributed by atoms with Crippen LogP contribution in [0, 0.1) is 6.92 Å². The van der Waals surface area contributed by atoms with Crippen LogP contribution in [0.15, 0.2) is 47.6 Å². The summed E-state index contributed by atoms with van der Waals surface area (Å²) in [6, 6.07) is 11.9. The first-order chi connectivity index (χ1) is 14.8. The van der Waals surface area contributed by atoms with Crippen molar-refractivity contribution in [3.05, 3.63) is 58.6 Å². The first kappa shape index (κ1) is 23.9. The van der Waals surface area contributed by atoms with Crippen LogP contribution in [-0.2, 0) is 14.4 Å². The molecule has 164 valence electrons. The summed E-state index contributed by atoms with van der Waals surface area (Å²) < 4.78 is 5.47. The van der Waals surface area contributed by atoms with Crippen molar-refractivity contribution in [2.75, 3.05) is 11.9 Å². The molecule has 0 aliphatic rings. The van der Waals surface area contributed by atoms with Gasteiger partial charge in [0.1, 0.15) is 5.75 Å². The molecule has 3 amide bonds. The number of amides is 3. The zero-order chi connectivity index (χ0) is 22.8. The van der Waals surface area contributed by atoms with Crippen LogP contribution in [0.3, 0.4) is 0 Å². The Morgan fingerprint density at radius 2 is 1.84 bits per heavy atom. The molecule has 0 heterocycles. The van der Waals surface area contributed by atoms with Crippen molar-refractivity contribution in [1.82, 2.24) is 10.7 Å². The van der Waals surface area contributed by atoms with Crippen LogP contribution >= 0.6 is 11.6 Å². The third-order valence-electron chi connectivity index (χ3n) is 4.30. The van der Waals surface area contributed by atoms with Gasteiger partial charge in [-0.05, 0) is 67.8 Å². The first-order valence-electron chi connectivity index (χ1n) is 9.71. The molecule has 31 heavy (non-hydrogen) atoms. The van der Waals surface area contributed by atoms with E-state index in [4.69, 9.17) is 16.3 Å². The van der Waals surface area contributed by atoms with Gasteiger partial charge < -0.3 is 15.4 Å². The highest BCUT2D eigenvalue weighted by Crippen LogP contribution is 2.20. The topological polar surface area (TPSA) is 109 Å². The quantitative estimate of drug-likeness (QED) is 0.330. The van der Waals surface area contributed by atoms with Gasteiger partial charge in [-0.15, -0.1) is 0 Å². The first-order valence-corrected chi connectivity index (χ1v) is 10.1. The van der Waals surface area contributed by atoms with Gasteiger partial charge >= 0.3 is 11.8 Å². The predicted molar refractivity (Wildman–Crippen MR) is 120 cm³/mol. The number of rotatable bonds is 8. The fourth-order valence-electron chi connectivity index (χ4n) is 2.32. The summed E-state index contributed by atoms with van der Waals surface area (Å²) in [6.45, 7) is 5.41. The molecule has 0 aromatic heterocycles. The average Bonchev–Trinajstić information content (AvgIpc) is 2.75. The Bertz CT molecular complexity index is 960. The lowest BCUT2D eigenvalue weighted by atomic mass is 10.2. The number of anilines is 1. The molecule has 3 N–H and O–H groups in total. The molecule has 8 nitrogen and oxygen atoms in total. The second-order valence-electron chi connectivity index (χ2n) is 6.85. The average molecular weight is 445 g/mol. The Kier molecular flexibility index (Phi) is 9.02. The molecule has 0 saturated heterocycles. The molecule has 2 aromatic rings. The van der Waals surface area contributed by atoms with E-state index >= 15 is 0 Å². The zero-order valence-corrected chi connectivity index (χ0v) is 18.3. The van der Waals surface area contributed by atoms with Crippen molar-refractivity contribution in [3.8, 4) is 5.75 Å². The molecule has 0 spiro atoms. The van der Waals surface area contributed by atoms with E-state index < -0.39 is 11.8 Å². The Morgan fingerprint density at radius 3 is 2.52 bits per heavy atom. The smallest absolute Gasteiger partial charge is 0.329 e. The van der Waals surface area contributed by atoms with Crippen molar-refractivity contribution in [2.24, 2.45) is 5.10 Å². The normalized spacial score (nSPS) is 11.6. The van der Waals surface area contributed by atoms with Crippen LogP contribution in [0.5, 0.6) is 5.75 Å². The van der Waals surface area contributed by atoms with Gasteiger partial charge in [-0.1, -0.05) is 24.6 Å². The molecule has 1 atom stereocenters. The predicted octanol–water partition coefficient (Wildman–Crippen LogP) is 3.03. The highest BCUT2D eigenvalue weighted by Gasteiger charge is 2.14. The van der Waals surface area contributed by atoms with E-state index in [2.05, 4.69) is 21.2 Å². The minimum Gasteiger partial charge on any atom is -0.484 e. The van der Waals surface area contributed by atoms with Gasteiger partial charge in [-0.25, -0.2) is 5.43 Å². The minimum atomic E-state index is -0.836. The summed E-state index contributed by atoms with van der Waals surface area (Å²) in [5.74, 6) is -1.39. The lowest BCUT2D eigenvalue weighted by Crippen LogP contribution is -2.41. The van der Waals surface area contributed by atoms with Crippen LogP contribution in [0.4, 0.5) is 5.69 Å². The second kappa shape index (κ2) is 11.7. The van der Waals surface area contributed by atoms with Gasteiger partial charge in [0.2, 0.25) is 0 Å². The van der Waals surface area contributed by atoms with Crippen molar-refractivity contribution in [2.45, 2.75) is 33.2 Å². The van der Waals surface area contributed by atoms with E-state index in [-0.39, 0.29) is 18.6 Å². The number of aryl methyl sites for hydroxylation is 1. The Morgan fingerprint density at radius 1 is 1.13 bits per heavy atom. The number of ether oxygens (including phenoxy) is 1. The number of hydrogen-bond donors (Lipinski definition) is 3. The molecule has 0 bridgehead atoms. The number of nitrogens with zero attached hydrogens (tertiary/aromatic N) is 1. The van der Waals surface area contributed by atoms with Crippen molar-refractivity contribution in [1.29, 1.82) is 0 Å². The van der Waals surface area contributed by atoms with E-state index in [9.17, 15) is 14.4 Å². The van der Waals surface area contributed by atoms with Gasteiger partial charge in [0.05, 0.1) is 6.21 Å². The SMILES string of the molecule is CC[C@H](C)NC(=O)C(=O)N/N=C\c1ccc(OCC(=O)Nc2cc(Cl)ccc2C)cc1. The zero-order valence-electron chi connectivity index (χ0n) is 17.6. The monoisotopic (exact) mass is 444 g/mol. The van der Waals surface area contributed by atoms with Gasteiger partial charge in [0.25, 0.3) is 5.91 Å². The molecule has 0 aliphatic carbocycles. The molecule has 0 fully saturated rings. The van der Waals surface area contributed by atoms with E-state index in [1.165, 1.54) is 6.21 Å². The van der Waals surface area contributed by atoms with E-state index in [1.807, 2.05) is 19.9 Å². The lowest BCUT2D eigenvalue weighted by molar-refractivity contribution is -0.139. The Labute approximate surface area is 186 Å². The molecular weight excluding hydrogens is 420 g/mol. The van der Waals surface area contributed by atoms with Crippen LogP contribution in [0.2, 0.25) is 5.02 Å². The summed E-state index contributed by atoms with van der Waals surface area (Å²) in [7, 11) is 0. The van der Waals surface area contributed by atoms with Crippen molar-refractivity contribution >= 4 is 41.2 Å². The maximum Gasteiger partial charge on any atom is 0.329 e. The number of nitrogens with one attached hydrogen (secondary N) is 3. The molecule has 0 radical (unpaired) electrons. The van der Waals surface area contributed by atoms with Gasteiger partial charge in [0, 0.05) is 16.8 Å². The second-order valence-corrected chi connectivity index (χ2v) is 7.28. The van der Waals surface area contributed by atoms with E-state index in [1.54, 1.807) is 43.3 Å². The fourth-order valence-corrected chi connectivity index (χ4v) is 2.49. The third-order valence-corrected chi connectivity index (χ3v) is 4.53. The number of halogens is 1. The summed E-state index contributed by atoms with van der Waals surface area (Å²) in [4.78, 5) is 35.4. The molecule has 2 aromatic carbocycles. The van der Waals surface area contributed by atoms with Gasteiger partial charge in [-0.3, -0.25) is 14.4 Å².